The molecule has 5 heteroatoms. The first-order valence-electron chi connectivity index (χ1n) is 7.87. The van der Waals surface area contributed by atoms with E-state index < -0.39 is 0 Å². The number of ether oxygens (including phenoxy) is 1. The lowest BCUT2D eigenvalue weighted by Gasteiger charge is -2.06. The summed E-state index contributed by atoms with van der Waals surface area (Å²) < 4.78 is 18.5. The molecule has 25 heavy (non-hydrogen) atoms. The van der Waals surface area contributed by atoms with Crippen LogP contribution in [-0.2, 0) is 6.42 Å². The average molecular weight is 336 g/mol. The molecule has 0 spiro atoms. The SMILES string of the molecule is C#CCOc1ccc(CCNC(=O)c2cc3cc(F)ccc3[nH]2)cc1. The lowest BCUT2D eigenvalue weighted by molar-refractivity contribution is 0.0950. The highest BCUT2D eigenvalue weighted by Crippen LogP contribution is 2.16. The van der Waals surface area contributed by atoms with E-state index in [2.05, 4.69) is 16.2 Å². The van der Waals surface area contributed by atoms with Crippen molar-refractivity contribution >= 4 is 16.8 Å². The number of carbonyl (C=O) groups excluding carboxylic acids is 1. The molecule has 3 aromatic rings. The number of hydrogen-bond donors (Lipinski definition) is 2. The minimum absolute atomic E-state index is 0.217. The van der Waals surface area contributed by atoms with Gasteiger partial charge in [0, 0.05) is 17.4 Å². The van der Waals surface area contributed by atoms with Gasteiger partial charge < -0.3 is 15.0 Å². The monoisotopic (exact) mass is 336 g/mol. The van der Waals surface area contributed by atoms with E-state index in [0.717, 1.165) is 16.8 Å². The lowest BCUT2D eigenvalue weighted by Crippen LogP contribution is -2.25. The smallest absolute Gasteiger partial charge is 0.267 e. The van der Waals surface area contributed by atoms with Crippen LogP contribution in [-0.4, -0.2) is 24.0 Å². The Bertz CT molecular complexity index is 923. The number of rotatable bonds is 6. The van der Waals surface area contributed by atoms with Crippen molar-refractivity contribution in [3.63, 3.8) is 0 Å². The average Bonchev–Trinajstić information content (AvgIpc) is 3.04. The second kappa shape index (κ2) is 7.54. The highest BCUT2D eigenvalue weighted by molar-refractivity contribution is 5.97. The number of terminal acetylenes is 1. The first-order chi connectivity index (χ1) is 12.2. The van der Waals surface area contributed by atoms with Crippen molar-refractivity contribution in [3.05, 3.63) is 65.6 Å². The van der Waals surface area contributed by atoms with Gasteiger partial charge in [-0.2, -0.15) is 0 Å². The second-order valence-corrected chi connectivity index (χ2v) is 5.56. The number of nitrogens with one attached hydrogen (secondary N) is 2. The van der Waals surface area contributed by atoms with Crippen LogP contribution in [0.5, 0.6) is 5.75 Å². The molecular weight excluding hydrogens is 319 g/mol. The summed E-state index contributed by atoms with van der Waals surface area (Å²) in [5, 5.41) is 3.52. The fraction of sp³-hybridized carbons (Fsp3) is 0.150. The minimum atomic E-state index is -0.326. The van der Waals surface area contributed by atoms with Gasteiger partial charge in [0.1, 0.15) is 23.9 Å². The molecule has 1 heterocycles. The van der Waals surface area contributed by atoms with Crippen molar-refractivity contribution in [1.29, 1.82) is 0 Å². The van der Waals surface area contributed by atoms with E-state index >= 15 is 0 Å². The fourth-order valence-electron chi connectivity index (χ4n) is 2.52. The second-order valence-electron chi connectivity index (χ2n) is 5.56. The van der Waals surface area contributed by atoms with Crippen LogP contribution in [0.1, 0.15) is 16.1 Å². The van der Waals surface area contributed by atoms with E-state index in [1.807, 2.05) is 24.3 Å². The number of hydrogen-bond acceptors (Lipinski definition) is 2. The lowest BCUT2D eigenvalue weighted by atomic mass is 10.1. The first kappa shape index (κ1) is 16.6. The Balaban J connectivity index is 1.54. The Labute approximate surface area is 145 Å². The molecule has 0 aliphatic carbocycles. The molecule has 0 aliphatic rings. The van der Waals surface area contributed by atoms with Gasteiger partial charge in [0.05, 0.1) is 0 Å². The quantitative estimate of drug-likeness (QED) is 0.679. The van der Waals surface area contributed by atoms with Crippen LogP contribution >= 0.6 is 0 Å². The Morgan fingerprint density at radius 1 is 1.20 bits per heavy atom. The van der Waals surface area contributed by atoms with Crippen molar-refractivity contribution in [3.8, 4) is 18.1 Å². The summed E-state index contributed by atoms with van der Waals surface area (Å²) in [6, 6.07) is 13.6. The van der Waals surface area contributed by atoms with E-state index in [9.17, 15) is 9.18 Å². The summed E-state index contributed by atoms with van der Waals surface area (Å²) in [6.45, 7) is 0.733. The maximum atomic E-state index is 13.2. The van der Waals surface area contributed by atoms with Crippen LogP contribution in [0.15, 0.2) is 48.5 Å². The predicted molar refractivity (Wildman–Crippen MR) is 95.1 cm³/mol. The molecule has 1 amide bonds. The fourth-order valence-corrected chi connectivity index (χ4v) is 2.52. The molecule has 2 aromatic carbocycles. The third kappa shape index (κ3) is 4.18. The van der Waals surface area contributed by atoms with Gasteiger partial charge in [-0.1, -0.05) is 18.1 Å². The van der Waals surface area contributed by atoms with Crippen molar-refractivity contribution in [1.82, 2.24) is 10.3 Å². The molecule has 2 N–H and O–H groups in total. The third-order valence-corrected chi connectivity index (χ3v) is 3.77. The van der Waals surface area contributed by atoms with E-state index in [-0.39, 0.29) is 18.3 Å². The van der Waals surface area contributed by atoms with Gasteiger partial charge in [-0.25, -0.2) is 4.39 Å². The normalized spacial score (nSPS) is 10.4. The molecule has 0 fully saturated rings. The summed E-state index contributed by atoms with van der Waals surface area (Å²) in [7, 11) is 0. The molecule has 0 saturated carbocycles. The van der Waals surface area contributed by atoms with Gasteiger partial charge >= 0.3 is 0 Å². The van der Waals surface area contributed by atoms with Gasteiger partial charge in [0.25, 0.3) is 5.91 Å². The molecule has 0 aliphatic heterocycles. The number of benzene rings is 2. The van der Waals surface area contributed by atoms with E-state index in [1.165, 1.54) is 12.1 Å². The molecule has 1 aromatic heterocycles. The predicted octanol–water partition coefficient (Wildman–Crippen LogP) is 3.29. The summed E-state index contributed by atoms with van der Waals surface area (Å²) in [5.74, 6) is 2.59. The highest BCUT2D eigenvalue weighted by Gasteiger charge is 2.09. The first-order valence-corrected chi connectivity index (χ1v) is 7.87. The van der Waals surface area contributed by atoms with Crippen LogP contribution in [0.4, 0.5) is 4.39 Å². The topological polar surface area (TPSA) is 54.1 Å². The Kier molecular flexibility index (Phi) is 5.00. The Morgan fingerprint density at radius 3 is 2.76 bits per heavy atom. The van der Waals surface area contributed by atoms with E-state index in [0.29, 0.717) is 24.0 Å². The van der Waals surface area contributed by atoms with Crippen molar-refractivity contribution < 1.29 is 13.9 Å². The van der Waals surface area contributed by atoms with Gasteiger partial charge in [0.2, 0.25) is 0 Å². The standard InChI is InChI=1S/C20H17FN2O2/c1-2-11-25-17-6-3-14(4-7-17)9-10-22-20(24)19-13-15-12-16(21)5-8-18(15)23-19/h1,3-8,12-13,23H,9-11H2,(H,22,24). The summed E-state index contributed by atoms with van der Waals surface area (Å²) >= 11 is 0. The molecule has 3 rings (SSSR count). The minimum Gasteiger partial charge on any atom is -0.481 e. The third-order valence-electron chi connectivity index (χ3n) is 3.77. The zero-order chi connectivity index (χ0) is 17.6. The zero-order valence-corrected chi connectivity index (χ0v) is 13.5. The molecular formula is C20H17FN2O2. The zero-order valence-electron chi connectivity index (χ0n) is 13.5. The molecule has 0 saturated heterocycles. The Morgan fingerprint density at radius 2 is 2.00 bits per heavy atom. The highest BCUT2D eigenvalue weighted by atomic mass is 19.1. The maximum absolute atomic E-state index is 13.2. The number of aromatic amines is 1. The van der Waals surface area contributed by atoms with Crippen molar-refractivity contribution in [2.75, 3.05) is 13.2 Å². The Hall–Kier alpha value is -3.26. The van der Waals surface area contributed by atoms with Crippen LogP contribution in [0, 0.1) is 18.2 Å². The molecule has 0 atom stereocenters. The number of halogens is 1. The van der Waals surface area contributed by atoms with Gasteiger partial charge in [0.15, 0.2) is 0 Å². The summed E-state index contributed by atoms with van der Waals surface area (Å²) in [4.78, 5) is 15.2. The maximum Gasteiger partial charge on any atom is 0.267 e. The summed E-state index contributed by atoms with van der Waals surface area (Å²) in [6.07, 6.45) is 5.83. The summed E-state index contributed by atoms with van der Waals surface area (Å²) in [5.41, 5.74) is 2.22. The van der Waals surface area contributed by atoms with Crippen molar-refractivity contribution in [2.24, 2.45) is 0 Å². The van der Waals surface area contributed by atoms with E-state index in [4.69, 9.17) is 11.2 Å². The van der Waals surface area contributed by atoms with Gasteiger partial charge in [-0.05, 0) is 48.4 Å². The molecule has 0 radical (unpaired) electrons. The van der Waals surface area contributed by atoms with Crippen LogP contribution in [0.3, 0.4) is 0 Å². The molecule has 4 nitrogen and oxygen atoms in total. The largest absolute Gasteiger partial charge is 0.481 e. The number of H-pyrrole nitrogens is 1. The number of amides is 1. The number of carbonyl (C=O) groups is 1. The van der Waals surface area contributed by atoms with Crippen LogP contribution in [0.2, 0.25) is 0 Å². The van der Waals surface area contributed by atoms with Gasteiger partial charge in [-0.3, -0.25) is 4.79 Å². The number of fused-ring (bicyclic) bond motifs is 1. The van der Waals surface area contributed by atoms with Crippen LogP contribution in [0.25, 0.3) is 10.9 Å². The van der Waals surface area contributed by atoms with Crippen molar-refractivity contribution in [2.45, 2.75) is 6.42 Å². The molecule has 126 valence electrons. The molecule has 0 unspecified atom stereocenters. The number of aromatic nitrogens is 1. The van der Waals surface area contributed by atoms with Gasteiger partial charge in [-0.15, -0.1) is 6.42 Å². The van der Waals surface area contributed by atoms with Crippen LogP contribution < -0.4 is 10.1 Å². The molecule has 0 bridgehead atoms. The van der Waals surface area contributed by atoms with E-state index in [1.54, 1.807) is 12.1 Å².